The van der Waals surface area contributed by atoms with Crippen LogP contribution in [0.15, 0.2) is 41.9 Å². The Bertz CT molecular complexity index is 468. The molecule has 0 aliphatic carbocycles. The first-order chi connectivity index (χ1) is 10.6. The number of aliphatic imine (C=N–C) groups is 1. The van der Waals surface area contributed by atoms with Crippen LogP contribution in [-0.2, 0) is 6.42 Å². The number of benzene rings is 1. The van der Waals surface area contributed by atoms with Gasteiger partial charge in [-0.2, -0.15) is 0 Å². The Balaban J connectivity index is 0.00000484. The van der Waals surface area contributed by atoms with E-state index in [-0.39, 0.29) is 30.0 Å². The van der Waals surface area contributed by atoms with Crippen molar-refractivity contribution in [2.24, 2.45) is 4.99 Å². The van der Waals surface area contributed by atoms with Crippen LogP contribution in [-0.4, -0.2) is 44.6 Å². The molecule has 1 atom stereocenters. The van der Waals surface area contributed by atoms with Crippen molar-refractivity contribution in [3.05, 3.63) is 48.0 Å². The summed E-state index contributed by atoms with van der Waals surface area (Å²) in [5.41, 5.74) is 2.66. The molecule has 23 heavy (non-hydrogen) atoms. The van der Waals surface area contributed by atoms with Gasteiger partial charge in [-0.05, 0) is 38.6 Å². The molecule has 4 nitrogen and oxygen atoms in total. The molecule has 0 radical (unpaired) electrons. The summed E-state index contributed by atoms with van der Waals surface area (Å²) in [5.74, 6) is 0.833. The van der Waals surface area contributed by atoms with Crippen LogP contribution in [0.3, 0.4) is 0 Å². The number of hydrogen-bond donors (Lipinski definition) is 2. The highest BCUT2D eigenvalue weighted by Gasteiger charge is 2.13. The first-order valence-electron chi connectivity index (χ1n) is 8.00. The average Bonchev–Trinajstić information content (AvgIpc) is 2.53. The Kier molecular flexibility index (Phi) is 11.8. The van der Waals surface area contributed by atoms with Crippen molar-refractivity contribution < 1.29 is 0 Å². The lowest BCUT2D eigenvalue weighted by Crippen LogP contribution is -2.38. The second kappa shape index (κ2) is 12.4. The Labute approximate surface area is 158 Å². The third kappa shape index (κ3) is 7.83. The zero-order valence-corrected chi connectivity index (χ0v) is 17.1. The Hall–Kier alpha value is -1.08. The second-order valence-corrected chi connectivity index (χ2v) is 5.46. The molecule has 0 saturated carbocycles. The minimum absolute atomic E-state index is 0. The first-order valence-corrected chi connectivity index (χ1v) is 8.00. The van der Waals surface area contributed by atoms with Gasteiger partial charge in [0.2, 0.25) is 0 Å². The number of halogens is 1. The highest BCUT2D eigenvalue weighted by atomic mass is 127. The highest BCUT2D eigenvalue weighted by molar-refractivity contribution is 14.0. The first kappa shape index (κ1) is 21.9. The predicted octanol–water partition coefficient (Wildman–Crippen LogP) is 3.21. The lowest BCUT2D eigenvalue weighted by atomic mass is 10.0. The molecule has 0 fully saturated rings. The van der Waals surface area contributed by atoms with E-state index >= 15 is 0 Å². The van der Waals surface area contributed by atoms with Gasteiger partial charge < -0.3 is 15.5 Å². The van der Waals surface area contributed by atoms with Crippen LogP contribution < -0.4 is 10.6 Å². The van der Waals surface area contributed by atoms with Gasteiger partial charge in [0.1, 0.15) is 0 Å². The maximum atomic E-state index is 4.70. The second-order valence-electron chi connectivity index (χ2n) is 5.46. The van der Waals surface area contributed by atoms with Crippen LogP contribution in [0.25, 0.3) is 0 Å². The summed E-state index contributed by atoms with van der Waals surface area (Å²) < 4.78 is 0. The molecule has 0 spiro atoms. The van der Waals surface area contributed by atoms with Crippen LogP contribution in [0.4, 0.5) is 0 Å². The molecule has 1 aromatic rings. The van der Waals surface area contributed by atoms with E-state index in [1.807, 2.05) is 6.08 Å². The lowest BCUT2D eigenvalue weighted by molar-refractivity contribution is 0.306. The molecule has 1 unspecified atom stereocenters. The van der Waals surface area contributed by atoms with Gasteiger partial charge in [-0.15, -0.1) is 30.6 Å². The van der Waals surface area contributed by atoms with E-state index in [2.05, 4.69) is 74.3 Å². The Morgan fingerprint density at radius 3 is 2.35 bits per heavy atom. The molecule has 0 saturated heterocycles. The fourth-order valence-corrected chi connectivity index (χ4v) is 2.23. The van der Waals surface area contributed by atoms with Gasteiger partial charge in [-0.1, -0.05) is 37.3 Å². The van der Waals surface area contributed by atoms with Crippen molar-refractivity contribution in [2.75, 3.05) is 33.7 Å². The normalized spacial score (nSPS) is 12.5. The van der Waals surface area contributed by atoms with E-state index in [4.69, 9.17) is 4.99 Å². The van der Waals surface area contributed by atoms with Gasteiger partial charge in [-0.25, -0.2) is 0 Å². The standard InChI is InChI=1S/C18H30N4.HI/c1-6-13-20-18(19-8-3)21-14-17(22(4)5)16-11-9-15(7-2)10-12-16;/h6,9-12,17H,1,7-8,13-14H2,2-5H3,(H2,19,20,21);1H. The molecule has 0 aromatic heterocycles. The summed E-state index contributed by atoms with van der Waals surface area (Å²) in [6.45, 7) is 10.2. The third-order valence-corrected chi connectivity index (χ3v) is 3.58. The minimum Gasteiger partial charge on any atom is -0.357 e. The van der Waals surface area contributed by atoms with Gasteiger partial charge in [0, 0.05) is 13.1 Å². The lowest BCUT2D eigenvalue weighted by Gasteiger charge is -2.24. The summed E-state index contributed by atoms with van der Waals surface area (Å²) in [7, 11) is 4.19. The SMILES string of the molecule is C=CCNC(=NCC(c1ccc(CC)cc1)N(C)C)NCC.I. The molecular formula is C18H31IN4. The van der Waals surface area contributed by atoms with Crippen LogP contribution in [0.2, 0.25) is 0 Å². The zero-order valence-electron chi connectivity index (χ0n) is 14.8. The molecule has 5 heteroatoms. The van der Waals surface area contributed by atoms with Gasteiger partial charge in [0.05, 0.1) is 12.6 Å². The molecule has 0 amide bonds. The predicted molar refractivity (Wildman–Crippen MR) is 112 cm³/mol. The molecular weight excluding hydrogens is 399 g/mol. The zero-order chi connectivity index (χ0) is 16.4. The number of rotatable bonds is 8. The molecule has 1 rings (SSSR count). The number of nitrogens with one attached hydrogen (secondary N) is 2. The molecule has 2 N–H and O–H groups in total. The molecule has 0 bridgehead atoms. The number of guanidine groups is 1. The van der Waals surface area contributed by atoms with E-state index in [1.54, 1.807) is 0 Å². The summed E-state index contributed by atoms with van der Waals surface area (Å²) in [4.78, 5) is 6.91. The van der Waals surface area contributed by atoms with E-state index in [0.29, 0.717) is 13.1 Å². The minimum atomic E-state index is 0. The maximum Gasteiger partial charge on any atom is 0.191 e. The summed E-state index contributed by atoms with van der Waals surface area (Å²) in [5, 5.41) is 6.49. The third-order valence-electron chi connectivity index (χ3n) is 3.58. The van der Waals surface area contributed by atoms with Crippen molar-refractivity contribution in [2.45, 2.75) is 26.3 Å². The average molecular weight is 430 g/mol. The van der Waals surface area contributed by atoms with E-state index in [9.17, 15) is 0 Å². The van der Waals surface area contributed by atoms with Gasteiger partial charge in [0.25, 0.3) is 0 Å². The highest BCUT2D eigenvalue weighted by Crippen LogP contribution is 2.19. The van der Waals surface area contributed by atoms with E-state index < -0.39 is 0 Å². The van der Waals surface area contributed by atoms with Crippen molar-refractivity contribution in [3.8, 4) is 0 Å². The van der Waals surface area contributed by atoms with Gasteiger partial charge >= 0.3 is 0 Å². The van der Waals surface area contributed by atoms with E-state index in [0.717, 1.165) is 18.9 Å². The van der Waals surface area contributed by atoms with Crippen molar-refractivity contribution in [3.63, 3.8) is 0 Å². The monoisotopic (exact) mass is 430 g/mol. The van der Waals surface area contributed by atoms with Crippen LogP contribution in [0.1, 0.15) is 31.0 Å². The number of hydrogen-bond acceptors (Lipinski definition) is 2. The largest absolute Gasteiger partial charge is 0.357 e. The molecule has 130 valence electrons. The van der Waals surface area contributed by atoms with Crippen LogP contribution >= 0.6 is 24.0 Å². The number of likely N-dealkylation sites (N-methyl/N-ethyl adjacent to an activating group) is 1. The van der Waals surface area contributed by atoms with Crippen molar-refractivity contribution in [1.29, 1.82) is 0 Å². The van der Waals surface area contributed by atoms with Crippen LogP contribution in [0.5, 0.6) is 0 Å². The van der Waals surface area contributed by atoms with E-state index in [1.165, 1.54) is 11.1 Å². The Morgan fingerprint density at radius 2 is 1.87 bits per heavy atom. The van der Waals surface area contributed by atoms with Crippen molar-refractivity contribution >= 4 is 29.9 Å². The van der Waals surface area contributed by atoms with Crippen LogP contribution in [0, 0.1) is 0 Å². The molecule has 0 aliphatic heterocycles. The smallest absolute Gasteiger partial charge is 0.191 e. The van der Waals surface area contributed by atoms with Gasteiger partial charge in [-0.3, -0.25) is 4.99 Å². The molecule has 0 heterocycles. The summed E-state index contributed by atoms with van der Waals surface area (Å²) >= 11 is 0. The molecule has 0 aliphatic rings. The quantitative estimate of drug-likeness (QED) is 0.288. The topological polar surface area (TPSA) is 39.7 Å². The fraction of sp³-hybridized carbons (Fsp3) is 0.500. The Morgan fingerprint density at radius 1 is 1.22 bits per heavy atom. The maximum absolute atomic E-state index is 4.70. The van der Waals surface area contributed by atoms with Crippen molar-refractivity contribution in [1.82, 2.24) is 15.5 Å². The number of aryl methyl sites for hydroxylation is 1. The summed E-state index contributed by atoms with van der Waals surface area (Å²) in [6, 6.07) is 9.10. The summed E-state index contributed by atoms with van der Waals surface area (Å²) in [6.07, 6.45) is 2.90. The molecule has 1 aromatic carbocycles. The number of nitrogens with zero attached hydrogens (tertiary/aromatic N) is 2. The van der Waals surface area contributed by atoms with Gasteiger partial charge in [0.15, 0.2) is 5.96 Å². The fourth-order valence-electron chi connectivity index (χ4n) is 2.23.